The predicted molar refractivity (Wildman–Crippen MR) is 110 cm³/mol. The zero-order valence-corrected chi connectivity index (χ0v) is 17.7. The Kier molecular flexibility index (Phi) is 7.48. The van der Waals surface area contributed by atoms with Gasteiger partial charge in [0.2, 0.25) is 5.91 Å². The van der Waals surface area contributed by atoms with Crippen molar-refractivity contribution in [2.24, 2.45) is 11.7 Å². The zero-order chi connectivity index (χ0) is 20.1. The Bertz CT molecular complexity index is 653. The van der Waals surface area contributed by atoms with E-state index < -0.39 is 0 Å². The lowest BCUT2D eigenvalue weighted by Crippen LogP contribution is -2.47. The van der Waals surface area contributed by atoms with Crippen molar-refractivity contribution in [3.05, 3.63) is 17.0 Å². The van der Waals surface area contributed by atoms with Crippen LogP contribution < -0.4 is 11.1 Å². The van der Waals surface area contributed by atoms with Crippen molar-refractivity contribution in [3.8, 4) is 0 Å². The Balaban J connectivity index is 1.61. The summed E-state index contributed by atoms with van der Waals surface area (Å²) in [5.41, 5.74) is 9.63. The highest BCUT2D eigenvalue weighted by Crippen LogP contribution is 2.23. The summed E-state index contributed by atoms with van der Waals surface area (Å²) >= 11 is 0. The molecule has 7 nitrogen and oxygen atoms in total. The van der Waals surface area contributed by atoms with Crippen molar-refractivity contribution >= 4 is 5.91 Å². The number of carbonyl (C=O) groups is 1. The van der Waals surface area contributed by atoms with E-state index in [4.69, 9.17) is 10.5 Å². The lowest BCUT2D eigenvalue weighted by molar-refractivity contribution is -0.126. The monoisotopic (exact) mass is 391 g/mol. The number of hydrogen-bond donors (Lipinski definition) is 2. The van der Waals surface area contributed by atoms with E-state index in [2.05, 4.69) is 29.2 Å². The Morgan fingerprint density at radius 2 is 1.96 bits per heavy atom. The number of carbonyl (C=O) groups excluding carboxylic acids is 1. The SMILES string of the molecule is CCCn1nc(C)c(CNC(=O)[C@@H]2CC[C@H](N)CN(C3CCOCC3)C2)c1C. The maximum atomic E-state index is 13.0. The minimum Gasteiger partial charge on any atom is -0.381 e. The quantitative estimate of drug-likeness (QED) is 0.772. The van der Waals surface area contributed by atoms with Gasteiger partial charge >= 0.3 is 0 Å². The molecule has 2 aliphatic heterocycles. The minimum absolute atomic E-state index is 0.00249. The molecule has 0 aliphatic carbocycles. The van der Waals surface area contributed by atoms with Gasteiger partial charge in [-0.1, -0.05) is 6.92 Å². The normalized spacial score (nSPS) is 24.9. The van der Waals surface area contributed by atoms with E-state index in [0.717, 1.165) is 81.9 Å². The molecule has 3 rings (SSSR count). The van der Waals surface area contributed by atoms with Crippen LogP contribution in [-0.4, -0.2) is 59.0 Å². The molecule has 158 valence electrons. The number of likely N-dealkylation sites (tertiary alicyclic amines) is 1. The predicted octanol–water partition coefficient (Wildman–Crippen LogP) is 1.74. The summed E-state index contributed by atoms with van der Waals surface area (Å²) in [5, 5.41) is 7.80. The number of hydrogen-bond acceptors (Lipinski definition) is 5. The third-order valence-electron chi connectivity index (χ3n) is 6.29. The molecule has 2 aliphatic rings. The molecule has 0 unspecified atom stereocenters. The van der Waals surface area contributed by atoms with Crippen molar-refractivity contribution in [3.63, 3.8) is 0 Å². The number of nitrogens with one attached hydrogen (secondary N) is 1. The zero-order valence-electron chi connectivity index (χ0n) is 17.7. The van der Waals surface area contributed by atoms with Crippen LogP contribution in [0.1, 0.15) is 56.0 Å². The van der Waals surface area contributed by atoms with Gasteiger partial charge < -0.3 is 15.8 Å². The molecular formula is C21H37N5O2. The lowest BCUT2D eigenvalue weighted by Gasteiger charge is -2.35. The van der Waals surface area contributed by atoms with Crippen LogP contribution in [0.3, 0.4) is 0 Å². The van der Waals surface area contributed by atoms with Gasteiger partial charge in [-0.25, -0.2) is 0 Å². The van der Waals surface area contributed by atoms with Gasteiger partial charge in [0.1, 0.15) is 0 Å². The molecule has 1 aromatic rings. The van der Waals surface area contributed by atoms with Gasteiger partial charge in [0.05, 0.1) is 11.6 Å². The number of nitrogens with zero attached hydrogens (tertiary/aromatic N) is 3. The molecular weight excluding hydrogens is 354 g/mol. The average Bonchev–Trinajstić information content (AvgIpc) is 2.84. The first-order valence-electron chi connectivity index (χ1n) is 10.9. The highest BCUT2D eigenvalue weighted by atomic mass is 16.5. The summed E-state index contributed by atoms with van der Waals surface area (Å²) in [5.74, 6) is 0.149. The van der Waals surface area contributed by atoms with Crippen LogP contribution in [0.4, 0.5) is 0 Å². The molecule has 0 aromatic carbocycles. The van der Waals surface area contributed by atoms with Crippen molar-refractivity contribution < 1.29 is 9.53 Å². The molecule has 2 fully saturated rings. The fourth-order valence-electron chi connectivity index (χ4n) is 4.56. The summed E-state index contributed by atoms with van der Waals surface area (Å²) < 4.78 is 7.56. The van der Waals surface area contributed by atoms with E-state index in [1.807, 2.05) is 11.6 Å². The van der Waals surface area contributed by atoms with Gasteiger partial charge in [0, 0.05) is 62.7 Å². The number of nitrogens with two attached hydrogens (primary N) is 1. The maximum absolute atomic E-state index is 13.0. The molecule has 2 atom stereocenters. The first kappa shape index (κ1) is 21.3. The van der Waals surface area contributed by atoms with Gasteiger partial charge in [-0.3, -0.25) is 14.4 Å². The van der Waals surface area contributed by atoms with Crippen molar-refractivity contribution in [2.45, 2.75) is 78.0 Å². The Morgan fingerprint density at radius 1 is 1.21 bits per heavy atom. The second-order valence-corrected chi connectivity index (χ2v) is 8.42. The van der Waals surface area contributed by atoms with Gasteiger partial charge in [-0.15, -0.1) is 0 Å². The number of amides is 1. The third-order valence-corrected chi connectivity index (χ3v) is 6.29. The largest absolute Gasteiger partial charge is 0.381 e. The molecule has 0 radical (unpaired) electrons. The van der Waals surface area contributed by atoms with Crippen LogP contribution in [0.15, 0.2) is 0 Å². The van der Waals surface area contributed by atoms with Crippen molar-refractivity contribution in [2.75, 3.05) is 26.3 Å². The van der Waals surface area contributed by atoms with Crippen LogP contribution in [0.2, 0.25) is 0 Å². The number of aryl methyl sites for hydroxylation is 2. The van der Waals surface area contributed by atoms with E-state index >= 15 is 0 Å². The van der Waals surface area contributed by atoms with Crippen LogP contribution in [-0.2, 0) is 22.6 Å². The Labute approximate surface area is 169 Å². The van der Waals surface area contributed by atoms with Gasteiger partial charge in [-0.2, -0.15) is 5.10 Å². The molecule has 1 aromatic heterocycles. The first-order valence-corrected chi connectivity index (χ1v) is 10.9. The summed E-state index contributed by atoms with van der Waals surface area (Å²) in [7, 11) is 0. The molecule has 3 N–H and O–H groups in total. The van der Waals surface area contributed by atoms with Crippen LogP contribution >= 0.6 is 0 Å². The van der Waals surface area contributed by atoms with E-state index in [-0.39, 0.29) is 17.9 Å². The van der Waals surface area contributed by atoms with Gasteiger partial charge in [-0.05, 0) is 46.0 Å². The summed E-state index contributed by atoms with van der Waals surface area (Å²) in [4.78, 5) is 15.4. The number of rotatable bonds is 6. The summed E-state index contributed by atoms with van der Waals surface area (Å²) in [6.45, 7) is 11.1. The number of ether oxygens (including phenoxy) is 1. The van der Waals surface area contributed by atoms with Crippen LogP contribution in [0.5, 0.6) is 0 Å². The second kappa shape index (κ2) is 9.85. The Morgan fingerprint density at radius 3 is 2.68 bits per heavy atom. The molecule has 0 saturated carbocycles. The molecule has 28 heavy (non-hydrogen) atoms. The standard InChI is InChI=1S/C21H37N5O2/c1-4-9-26-16(3)20(15(2)24-26)12-23-21(27)17-5-6-18(22)14-25(13-17)19-7-10-28-11-8-19/h17-19H,4-14,22H2,1-3H3,(H,23,27)/t17-,18+/m1/s1. The van der Waals surface area contributed by atoms with Crippen LogP contribution in [0.25, 0.3) is 0 Å². The Hall–Kier alpha value is -1.44. The average molecular weight is 392 g/mol. The highest BCUT2D eigenvalue weighted by Gasteiger charge is 2.31. The topological polar surface area (TPSA) is 85.4 Å². The molecule has 0 spiro atoms. The molecule has 1 amide bonds. The molecule has 3 heterocycles. The summed E-state index contributed by atoms with van der Waals surface area (Å²) in [6, 6.07) is 0.641. The number of aromatic nitrogens is 2. The fraction of sp³-hybridized carbons (Fsp3) is 0.810. The first-order chi connectivity index (χ1) is 13.5. The van der Waals surface area contributed by atoms with Crippen molar-refractivity contribution in [1.29, 1.82) is 0 Å². The highest BCUT2D eigenvalue weighted by molar-refractivity contribution is 5.79. The third kappa shape index (κ3) is 5.13. The molecule has 0 bridgehead atoms. The van der Waals surface area contributed by atoms with E-state index in [0.29, 0.717) is 12.6 Å². The van der Waals surface area contributed by atoms with Gasteiger partial charge in [0.15, 0.2) is 0 Å². The fourth-order valence-corrected chi connectivity index (χ4v) is 4.56. The smallest absolute Gasteiger partial charge is 0.224 e. The van der Waals surface area contributed by atoms with E-state index in [1.54, 1.807) is 0 Å². The van der Waals surface area contributed by atoms with E-state index in [1.165, 1.54) is 0 Å². The second-order valence-electron chi connectivity index (χ2n) is 8.42. The van der Waals surface area contributed by atoms with Crippen LogP contribution in [0, 0.1) is 19.8 Å². The summed E-state index contributed by atoms with van der Waals surface area (Å²) in [6.07, 6.45) is 4.90. The molecule has 7 heteroatoms. The van der Waals surface area contributed by atoms with Gasteiger partial charge in [0.25, 0.3) is 0 Å². The van der Waals surface area contributed by atoms with Crippen molar-refractivity contribution in [1.82, 2.24) is 20.0 Å². The maximum Gasteiger partial charge on any atom is 0.224 e. The minimum atomic E-state index is 0.00249. The van der Waals surface area contributed by atoms with E-state index in [9.17, 15) is 4.79 Å². The lowest BCUT2D eigenvalue weighted by atomic mass is 10.00. The molecule has 2 saturated heterocycles.